The standard InChI is InChI=1S/C21H20N6O2.Pd/c1-21(2,15-7-5-9-17(24-15)26-13-11-22-19(26)28-3)16-8-6-10-18(25-16)27-14-12-23-20(27)29-4;/h5-12H,1-4H3;/q-2;+2. The number of nitrogens with zero attached hydrogens (tertiary/aromatic N) is 6. The minimum Gasteiger partial charge on any atom is -0.525 e. The Kier molecular flexibility index (Phi) is 6.34. The van der Waals surface area contributed by atoms with Gasteiger partial charge in [-0.3, -0.25) is 19.9 Å². The number of methoxy groups -OCH3 is 2. The second-order valence-electron chi connectivity index (χ2n) is 6.81. The molecule has 4 rings (SSSR count). The van der Waals surface area contributed by atoms with E-state index in [0.717, 1.165) is 11.4 Å². The second kappa shape index (κ2) is 8.78. The van der Waals surface area contributed by atoms with Gasteiger partial charge in [-0.1, -0.05) is 36.7 Å². The number of hydrogen-bond acceptors (Lipinski definition) is 6. The molecule has 0 saturated heterocycles. The zero-order valence-corrected chi connectivity index (χ0v) is 18.5. The molecule has 4 heterocycles. The maximum atomic E-state index is 5.27. The molecule has 0 aliphatic heterocycles. The molecule has 8 nitrogen and oxygen atoms in total. The summed E-state index contributed by atoms with van der Waals surface area (Å²) in [6.07, 6.45) is 9.12. The van der Waals surface area contributed by atoms with Gasteiger partial charge in [0.05, 0.1) is 14.2 Å². The van der Waals surface area contributed by atoms with Crippen molar-refractivity contribution in [3.63, 3.8) is 0 Å². The summed E-state index contributed by atoms with van der Waals surface area (Å²) < 4.78 is 13.9. The van der Waals surface area contributed by atoms with Crippen molar-refractivity contribution in [1.82, 2.24) is 29.1 Å². The molecule has 0 spiro atoms. The first kappa shape index (κ1) is 21.7. The van der Waals surface area contributed by atoms with Crippen LogP contribution in [-0.2, 0) is 25.8 Å². The molecule has 0 aliphatic rings. The summed E-state index contributed by atoms with van der Waals surface area (Å²) in [4.78, 5) is 17.9. The minimum absolute atomic E-state index is 0. The zero-order chi connectivity index (χ0) is 20.4. The number of ether oxygens (including phenoxy) is 2. The van der Waals surface area contributed by atoms with Gasteiger partial charge in [0.2, 0.25) is 0 Å². The van der Waals surface area contributed by atoms with Gasteiger partial charge < -0.3 is 18.6 Å². The average molecular weight is 495 g/mol. The fourth-order valence-corrected chi connectivity index (χ4v) is 3.05. The monoisotopic (exact) mass is 494 g/mol. The van der Waals surface area contributed by atoms with Crippen molar-refractivity contribution < 1.29 is 29.9 Å². The zero-order valence-electron chi connectivity index (χ0n) is 16.9. The number of rotatable bonds is 6. The fourth-order valence-electron chi connectivity index (χ4n) is 3.05. The quantitative estimate of drug-likeness (QED) is 0.303. The molecule has 0 unspecified atom stereocenters. The maximum absolute atomic E-state index is 5.27. The Balaban J connectivity index is 0.00000256. The van der Waals surface area contributed by atoms with E-state index >= 15 is 0 Å². The number of imidazole rings is 2. The Labute approximate surface area is 188 Å². The van der Waals surface area contributed by atoms with Crippen LogP contribution in [0.15, 0.2) is 48.8 Å². The van der Waals surface area contributed by atoms with Gasteiger partial charge in [-0.15, -0.1) is 0 Å². The molecule has 156 valence electrons. The normalized spacial score (nSPS) is 11.1. The topological polar surface area (TPSA) is 79.9 Å². The van der Waals surface area contributed by atoms with E-state index in [1.54, 1.807) is 35.7 Å². The van der Waals surface area contributed by atoms with Gasteiger partial charge in [0, 0.05) is 28.4 Å². The van der Waals surface area contributed by atoms with Crippen LogP contribution in [0, 0.1) is 12.4 Å². The first-order valence-corrected chi connectivity index (χ1v) is 8.99. The van der Waals surface area contributed by atoms with E-state index in [1.165, 1.54) is 0 Å². The smallest absolute Gasteiger partial charge is 0.525 e. The first-order valence-electron chi connectivity index (χ1n) is 8.99. The SMILES string of the molecule is COc1nc[c-]n1-c1cccc(C(C)(C)c2cccc(-n3[c-]cnc3OC)n2)n1.[Pd+2]. The third-order valence-corrected chi connectivity index (χ3v) is 4.68. The molecule has 30 heavy (non-hydrogen) atoms. The van der Waals surface area contributed by atoms with Crippen molar-refractivity contribution >= 4 is 0 Å². The van der Waals surface area contributed by atoms with E-state index in [-0.39, 0.29) is 20.4 Å². The largest absolute Gasteiger partial charge is 2.00 e. The van der Waals surface area contributed by atoms with Crippen molar-refractivity contribution in [3.05, 3.63) is 72.6 Å². The van der Waals surface area contributed by atoms with Crippen molar-refractivity contribution in [2.45, 2.75) is 19.3 Å². The number of pyridine rings is 2. The van der Waals surface area contributed by atoms with E-state index in [2.05, 4.69) is 36.2 Å². The molecule has 9 heteroatoms. The van der Waals surface area contributed by atoms with E-state index in [4.69, 9.17) is 19.4 Å². The van der Waals surface area contributed by atoms with Crippen LogP contribution in [0.3, 0.4) is 0 Å². The Morgan fingerprint density at radius 1 is 0.767 bits per heavy atom. The molecule has 0 amide bonds. The van der Waals surface area contributed by atoms with Crippen molar-refractivity contribution in [1.29, 1.82) is 0 Å². The summed E-state index contributed by atoms with van der Waals surface area (Å²) in [5.41, 5.74) is 1.24. The van der Waals surface area contributed by atoms with Gasteiger partial charge in [-0.25, -0.2) is 0 Å². The van der Waals surface area contributed by atoms with Crippen LogP contribution < -0.4 is 9.47 Å². The van der Waals surface area contributed by atoms with Crippen molar-refractivity contribution in [3.8, 4) is 23.7 Å². The molecule has 0 saturated carbocycles. The molecular weight excluding hydrogens is 475 g/mol. The molecule has 0 N–H and O–H groups in total. The Morgan fingerprint density at radius 3 is 1.60 bits per heavy atom. The van der Waals surface area contributed by atoms with E-state index in [9.17, 15) is 0 Å². The Hall–Kier alpha value is -3.02. The summed E-state index contributed by atoms with van der Waals surface area (Å²) in [6.45, 7) is 4.16. The van der Waals surface area contributed by atoms with E-state index in [0.29, 0.717) is 23.7 Å². The molecule has 4 aromatic heterocycles. The Bertz CT molecular complexity index is 1050. The summed E-state index contributed by atoms with van der Waals surface area (Å²) in [5, 5.41) is 0. The second-order valence-corrected chi connectivity index (χ2v) is 6.81. The van der Waals surface area contributed by atoms with Crippen molar-refractivity contribution in [2.75, 3.05) is 14.2 Å². The number of hydrogen-bond donors (Lipinski definition) is 0. The summed E-state index contributed by atoms with van der Waals surface area (Å²) in [6, 6.07) is 12.5. The van der Waals surface area contributed by atoms with Gasteiger partial charge in [0.25, 0.3) is 0 Å². The van der Waals surface area contributed by atoms with Gasteiger partial charge >= 0.3 is 20.4 Å². The average Bonchev–Trinajstić information content (AvgIpc) is 3.43. The first-order chi connectivity index (χ1) is 14.0. The third-order valence-electron chi connectivity index (χ3n) is 4.68. The van der Waals surface area contributed by atoms with E-state index < -0.39 is 5.41 Å². The van der Waals surface area contributed by atoms with Crippen molar-refractivity contribution in [2.24, 2.45) is 0 Å². The predicted octanol–water partition coefficient (Wildman–Crippen LogP) is 2.79. The summed E-state index contributed by atoms with van der Waals surface area (Å²) >= 11 is 0. The van der Waals surface area contributed by atoms with Gasteiger partial charge in [0.1, 0.15) is 0 Å². The van der Waals surface area contributed by atoms with Gasteiger partial charge in [-0.2, -0.15) is 0 Å². The van der Waals surface area contributed by atoms with Crippen LogP contribution in [0.4, 0.5) is 0 Å². The molecule has 0 atom stereocenters. The molecule has 0 aromatic carbocycles. The van der Waals surface area contributed by atoms with Gasteiger partial charge in [0.15, 0.2) is 12.0 Å². The van der Waals surface area contributed by atoms with Crippen LogP contribution in [-0.4, -0.2) is 43.3 Å². The Morgan fingerprint density at radius 2 is 1.20 bits per heavy atom. The predicted molar refractivity (Wildman–Crippen MR) is 106 cm³/mol. The molecule has 4 aromatic rings. The number of aromatic nitrogens is 6. The third kappa shape index (κ3) is 3.86. The van der Waals surface area contributed by atoms with Crippen LogP contribution in [0.1, 0.15) is 25.2 Å². The van der Waals surface area contributed by atoms with Gasteiger partial charge in [-0.05, 0) is 38.4 Å². The van der Waals surface area contributed by atoms with Crippen LogP contribution >= 0.6 is 0 Å². The molecule has 0 radical (unpaired) electrons. The van der Waals surface area contributed by atoms with Crippen LogP contribution in [0.2, 0.25) is 0 Å². The maximum Gasteiger partial charge on any atom is 2.00 e. The minimum atomic E-state index is -0.465. The summed E-state index contributed by atoms with van der Waals surface area (Å²) in [5.74, 6) is 1.34. The fraction of sp³-hybridized carbons (Fsp3) is 0.238. The van der Waals surface area contributed by atoms with E-state index in [1.807, 2.05) is 36.4 Å². The molecule has 0 bridgehead atoms. The molecule has 0 fully saturated rings. The van der Waals surface area contributed by atoms with Crippen LogP contribution in [0.5, 0.6) is 12.0 Å². The molecule has 0 aliphatic carbocycles. The molecular formula is C21H20N6O2Pd. The van der Waals surface area contributed by atoms with Crippen LogP contribution in [0.25, 0.3) is 11.6 Å². The summed E-state index contributed by atoms with van der Waals surface area (Å²) in [7, 11) is 3.13.